The summed E-state index contributed by atoms with van der Waals surface area (Å²) in [5.41, 5.74) is 0.795. The molecule has 1 heterocycles. The van der Waals surface area contributed by atoms with Gasteiger partial charge in [-0.1, -0.05) is 34.1 Å². The molecule has 0 spiro atoms. The Hall–Kier alpha value is -1.07. The smallest absolute Gasteiger partial charge is 0.410 e. The largest absolute Gasteiger partial charge is 0.444 e. The van der Waals surface area contributed by atoms with E-state index in [4.69, 9.17) is 4.74 Å². The summed E-state index contributed by atoms with van der Waals surface area (Å²) >= 11 is 3.56. The highest BCUT2D eigenvalue weighted by Gasteiger charge is 2.27. The molecule has 0 saturated carbocycles. The van der Waals surface area contributed by atoms with Crippen LogP contribution in [0.5, 0.6) is 0 Å². The van der Waals surface area contributed by atoms with Crippen LogP contribution in [-0.2, 0) is 11.3 Å². The first-order valence-corrected chi connectivity index (χ1v) is 8.59. The van der Waals surface area contributed by atoms with Crippen LogP contribution in [0, 0.1) is 0 Å². The summed E-state index contributed by atoms with van der Waals surface area (Å²) < 4.78 is 6.57. The predicted octanol–water partition coefficient (Wildman–Crippen LogP) is 3.94. The van der Waals surface area contributed by atoms with E-state index in [2.05, 4.69) is 27.3 Å². The minimum atomic E-state index is -0.438. The molecule has 1 N–H and O–H groups in total. The summed E-state index contributed by atoms with van der Waals surface area (Å²) in [7, 11) is 0. The summed E-state index contributed by atoms with van der Waals surface area (Å²) in [5.74, 6) is 0. The Morgan fingerprint density at radius 2 is 2.14 bits per heavy atom. The van der Waals surface area contributed by atoms with Crippen LogP contribution in [0.2, 0.25) is 0 Å². The fourth-order valence-corrected chi connectivity index (χ4v) is 2.96. The Morgan fingerprint density at radius 3 is 2.82 bits per heavy atom. The van der Waals surface area contributed by atoms with Crippen molar-refractivity contribution in [3.8, 4) is 0 Å². The molecule has 1 saturated heterocycles. The Bertz CT molecular complexity index is 514. The minimum Gasteiger partial charge on any atom is -0.444 e. The summed E-state index contributed by atoms with van der Waals surface area (Å²) in [6.45, 7) is 7.99. The molecule has 0 unspecified atom stereocenters. The lowest BCUT2D eigenvalue weighted by Crippen LogP contribution is -2.49. The lowest BCUT2D eigenvalue weighted by Gasteiger charge is -2.34. The number of rotatable bonds is 3. The number of carbonyl (C=O) groups is 1. The summed E-state index contributed by atoms with van der Waals surface area (Å²) in [6, 6.07) is 8.51. The normalized spacial score (nSPS) is 19.1. The number of hydrogen-bond acceptors (Lipinski definition) is 3. The van der Waals surface area contributed by atoms with Crippen molar-refractivity contribution in [1.82, 2.24) is 10.2 Å². The third-order valence-electron chi connectivity index (χ3n) is 3.61. The van der Waals surface area contributed by atoms with Gasteiger partial charge in [-0.15, -0.1) is 0 Å². The molecule has 1 aromatic carbocycles. The van der Waals surface area contributed by atoms with Gasteiger partial charge in [0, 0.05) is 30.1 Å². The van der Waals surface area contributed by atoms with Crippen molar-refractivity contribution in [2.75, 3.05) is 13.1 Å². The van der Waals surface area contributed by atoms with Crippen molar-refractivity contribution in [3.63, 3.8) is 0 Å². The lowest BCUT2D eigenvalue weighted by atomic mass is 10.1. The van der Waals surface area contributed by atoms with E-state index in [9.17, 15) is 4.79 Å². The summed E-state index contributed by atoms with van der Waals surface area (Å²) in [6.07, 6.45) is 1.89. The second-order valence-corrected chi connectivity index (χ2v) is 7.59. The van der Waals surface area contributed by atoms with Gasteiger partial charge in [0.25, 0.3) is 0 Å². The number of carbonyl (C=O) groups excluding carboxylic acids is 1. The molecule has 0 bridgehead atoms. The van der Waals surface area contributed by atoms with Crippen LogP contribution in [-0.4, -0.2) is 35.7 Å². The second-order valence-electron chi connectivity index (χ2n) is 6.74. The van der Waals surface area contributed by atoms with E-state index in [0.29, 0.717) is 12.6 Å². The molecular weight excluding hydrogens is 344 g/mol. The monoisotopic (exact) mass is 368 g/mol. The van der Waals surface area contributed by atoms with Gasteiger partial charge in [-0.2, -0.15) is 0 Å². The quantitative estimate of drug-likeness (QED) is 0.878. The number of amides is 1. The van der Waals surface area contributed by atoms with Gasteiger partial charge in [-0.25, -0.2) is 4.79 Å². The number of nitrogens with zero attached hydrogens (tertiary/aromatic N) is 1. The maximum absolute atomic E-state index is 12.2. The van der Waals surface area contributed by atoms with Gasteiger partial charge >= 0.3 is 6.09 Å². The minimum absolute atomic E-state index is 0.208. The molecule has 0 aromatic heterocycles. The first-order valence-electron chi connectivity index (χ1n) is 7.80. The average Bonchev–Trinajstić information content (AvgIpc) is 2.45. The molecule has 1 amide bonds. The topological polar surface area (TPSA) is 41.6 Å². The number of ether oxygens (including phenoxy) is 1. The maximum atomic E-state index is 12.2. The second kappa shape index (κ2) is 7.47. The Balaban J connectivity index is 1.86. The Kier molecular flexibility index (Phi) is 5.87. The average molecular weight is 369 g/mol. The van der Waals surface area contributed by atoms with Gasteiger partial charge < -0.3 is 15.0 Å². The van der Waals surface area contributed by atoms with Crippen molar-refractivity contribution in [3.05, 3.63) is 34.3 Å². The van der Waals surface area contributed by atoms with E-state index in [-0.39, 0.29) is 6.09 Å². The highest BCUT2D eigenvalue weighted by Crippen LogP contribution is 2.18. The molecular formula is C17H25BrN2O2. The first-order chi connectivity index (χ1) is 10.3. The number of halogens is 1. The molecule has 0 aliphatic carbocycles. The molecule has 1 atom stereocenters. The summed E-state index contributed by atoms with van der Waals surface area (Å²) in [5, 5.41) is 3.55. The van der Waals surface area contributed by atoms with Crippen LogP contribution >= 0.6 is 15.9 Å². The molecule has 2 rings (SSSR count). The van der Waals surface area contributed by atoms with Crippen LogP contribution in [0.1, 0.15) is 39.2 Å². The number of likely N-dealkylation sites (tertiary alicyclic amines) is 1. The predicted molar refractivity (Wildman–Crippen MR) is 91.8 cm³/mol. The highest BCUT2D eigenvalue weighted by atomic mass is 79.9. The molecule has 1 aromatic rings. The van der Waals surface area contributed by atoms with Crippen molar-refractivity contribution in [2.45, 2.75) is 51.8 Å². The van der Waals surface area contributed by atoms with Gasteiger partial charge in [0.05, 0.1) is 0 Å². The van der Waals surface area contributed by atoms with Crippen LogP contribution < -0.4 is 5.32 Å². The van der Waals surface area contributed by atoms with E-state index in [0.717, 1.165) is 30.4 Å². The van der Waals surface area contributed by atoms with Gasteiger partial charge in [-0.3, -0.25) is 0 Å². The molecule has 22 heavy (non-hydrogen) atoms. The number of nitrogens with one attached hydrogen (secondary N) is 1. The Labute approximate surface area is 141 Å². The van der Waals surface area contributed by atoms with E-state index < -0.39 is 5.60 Å². The van der Waals surface area contributed by atoms with Crippen LogP contribution in [0.3, 0.4) is 0 Å². The SMILES string of the molecule is CC(C)(C)OC(=O)N1CCC[C@@H](NCc2ccccc2Br)C1. The van der Waals surface area contributed by atoms with E-state index in [1.54, 1.807) is 0 Å². The molecule has 1 aliphatic heterocycles. The summed E-state index contributed by atoms with van der Waals surface area (Å²) in [4.78, 5) is 14.0. The van der Waals surface area contributed by atoms with Crippen molar-refractivity contribution in [1.29, 1.82) is 0 Å². The van der Waals surface area contributed by atoms with Gasteiger partial charge in [0.15, 0.2) is 0 Å². The number of piperidine rings is 1. The van der Waals surface area contributed by atoms with Crippen molar-refractivity contribution in [2.24, 2.45) is 0 Å². The van der Waals surface area contributed by atoms with Crippen LogP contribution in [0.4, 0.5) is 4.79 Å². The van der Waals surface area contributed by atoms with Crippen molar-refractivity contribution >= 4 is 22.0 Å². The van der Waals surface area contributed by atoms with Gasteiger partial charge in [-0.05, 0) is 45.2 Å². The van der Waals surface area contributed by atoms with Crippen LogP contribution in [0.25, 0.3) is 0 Å². The van der Waals surface area contributed by atoms with Gasteiger partial charge in [0.1, 0.15) is 5.60 Å². The molecule has 122 valence electrons. The first kappa shape index (κ1) is 17.3. The zero-order chi connectivity index (χ0) is 16.2. The van der Waals surface area contributed by atoms with Crippen molar-refractivity contribution < 1.29 is 9.53 Å². The fourth-order valence-electron chi connectivity index (χ4n) is 2.53. The van der Waals surface area contributed by atoms with Gasteiger partial charge in [0.2, 0.25) is 0 Å². The maximum Gasteiger partial charge on any atom is 0.410 e. The zero-order valence-electron chi connectivity index (χ0n) is 13.6. The molecule has 4 nitrogen and oxygen atoms in total. The van der Waals surface area contributed by atoms with Crippen LogP contribution in [0.15, 0.2) is 28.7 Å². The van der Waals surface area contributed by atoms with E-state index >= 15 is 0 Å². The van der Waals surface area contributed by atoms with E-state index in [1.807, 2.05) is 43.9 Å². The molecule has 1 fully saturated rings. The number of hydrogen-bond donors (Lipinski definition) is 1. The third-order valence-corrected chi connectivity index (χ3v) is 4.39. The number of benzene rings is 1. The lowest BCUT2D eigenvalue weighted by molar-refractivity contribution is 0.0187. The fraction of sp³-hybridized carbons (Fsp3) is 0.588. The highest BCUT2D eigenvalue weighted by molar-refractivity contribution is 9.10. The van der Waals surface area contributed by atoms with E-state index in [1.165, 1.54) is 5.56 Å². The molecule has 1 aliphatic rings. The Morgan fingerprint density at radius 1 is 1.41 bits per heavy atom. The third kappa shape index (κ3) is 5.29. The molecule has 5 heteroatoms. The standard InChI is InChI=1S/C17H25BrN2O2/c1-17(2,3)22-16(21)20-10-6-8-14(12-20)19-11-13-7-4-5-9-15(13)18/h4-5,7,9,14,19H,6,8,10-12H2,1-3H3/t14-/m1/s1. The molecule has 0 radical (unpaired) electrons. The zero-order valence-corrected chi connectivity index (χ0v) is 15.1.